The second-order valence-corrected chi connectivity index (χ2v) is 4.76. The van der Waals surface area contributed by atoms with Crippen LogP contribution in [-0.4, -0.2) is 27.9 Å². The van der Waals surface area contributed by atoms with Gasteiger partial charge in [0.15, 0.2) is 5.76 Å². The molecule has 1 aliphatic rings. The highest BCUT2D eigenvalue weighted by Gasteiger charge is 2.35. The van der Waals surface area contributed by atoms with Crippen molar-refractivity contribution in [1.82, 2.24) is 0 Å². The molecule has 0 N–H and O–H groups in total. The maximum Gasteiger partial charge on any atom is 0.168 e. The number of allylic oxidation sites excluding steroid dienone is 1. The van der Waals surface area contributed by atoms with Crippen LogP contribution >= 0.6 is 0 Å². The molecule has 0 saturated heterocycles. The maximum absolute atomic E-state index is 5.60. The molecule has 21 heavy (non-hydrogen) atoms. The predicted molar refractivity (Wildman–Crippen MR) is 82.1 cm³/mol. The fraction of sp³-hybridized carbons (Fsp3) is 0.412. The van der Waals surface area contributed by atoms with Crippen molar-refractivity contribution in [3.63, 3.8) is 0 Å². The van der Waals surface area contributed by atoms with E-state index in [1.807, 2.05) is 12.1 Å². The van der Waals surface area contributed by atoms with Crippen LogP contribution in [-0.2, 0) is 14.2 Å². The highest BCUT2D eigenvalue weighted by atomic mass is 16.5. The smallest absolute Gasteiger partial charge is 0.168 e. The van der Waals surface area contributed by atoms with Crippen molar-refractivity contribution in [2.45, 2.75) is 18.8 Å². The zero-order chi connectivity index (χ0) is 15.2. The van der Waals surface area contributed by atoms with E-state index >= 15 is 0 Å². The second kappa shape index (κ2) is 7.07. The van der Waals surface area contributed by atoms with Gasteiger partial charge < -0.3 is 18.9 Å². The second-order valence-electron chi connectivity index (χ2n) is 4.76. The Balaban J connectivity index is 2.33. The molecule has 114 valence electrons. The van der Waals surface area contributed by atoms with Gasteiger partial charge >= 0.3 is 0 Å². The molecule has 0 radical (unpaired) electrons. The topological polar surface area (TPSA) is 36.9 Å². The molecule has 0 aliphatic heterocycles. The standard InChI is InChI=1S/C17H22O4/c1-5-21-11-7-9-13-12-8-6-10-14(18-2)15(12)17(20-4)16(13)19-3/h5-6,8,10,13H,1,7,9,11H2,2-4H3. The third-order valence-corrected chi connectivity index (χ3v) is 3.72. The SMILES string of the molecule is C=COCCCC1C(OC)=C(OC)c2c(OC)cccc21. The van der Waals surface area contributed by atoms with Gasteiger partial charge in [-0.1, -0.05) is 18.7 Å². The molecule has 1 aromatic rings. The van der Waals surface area contributed by atoms with Crippen molar-refractivity contribution >= 4 is 5.76 Å². The van der Waals surface area contributed by atoms with E-state index in [1.165, 1.54) is 11.8 Å². The molecule has 2 rings (SSSR count). The molecule has 0 saturated carbocycles. The molecule has 0 amide bonds. The summed E-state index contributed by atoms with van der Waals surface area (Å²) in [5.74, 6) is 2.60. The lowest BCUT2D eigenvalue weighted by Gasteiger charge is -2.15. The third-order valence-electron chi connectivity index (χ3n) is 3.72. The summed E-state index contributed by atoms with van der Waals surface area (Å²) in [6.45, 7) is 4.20. The molecule has 0 spiro atoms. The van der Waals surface area contributed by atoms with Gasteiger partial charge in [-0.05, 0) is 24.5 Å². The van der Waals surface area contributed by atoms with Crippen molar-refractivity contribution in [1.29, 1.82) is 0 Å². The first-order chi connectivity index (χ1) is 10.3. The van der Waals surface area contributed by atoms with Gasteiger partial charge in [0.05, 0.1) is 39.8 Å². The van der Waals surface area contributed by atoms with Crippen molar-refractivity contribution in [2.24, 2.45) is 0 Å². The van der Waals surface area contributed by atoms with Crippen molar-refractivity contribution in [3.05, 3.63) is 47.9 Å². The van der Waals surface area contributed by atoms with Gasteiger partial charge in [-0.3, -0.25) is 0 Å². The molecule has 0 aromatic heterocycles. The first-order valence-corrected chi connectivity index (χ1v) is 7.00. The van der Waals surface area contributed by atoms with Crippen LogP contribution in [0.5, 0.6) is 5.75 Å². The number of ether oxygens (including phenoxy) is 4. The van der Waals surface area contributed by atoms with E-state index in [2.05, 4.69) is 12.6 Å². The Morgan fingerprint density at radius 1 is 1.14 bits per heavy atom. The van der Waals surface area contributed by atoms with Crippen LogP contribution in [0, 0.1) is 0 Å². The summed E-state index contributed by atoms with van der Waals surface area (Å²) >= 11 is 0. The van der Waals surface area contributed by atoms with Crippen LogP contribution in [0.15, 0.2) is 36.8 Å². The molecule has 0 fully saturated rings. The minimum Gasteiger partial charge on any atom is -0.502 e. The largest absolute Gasteiger partial charge is 0.502 e. The Bertz CT molecular complexity index is 534. The highest BCUT2D eigenvalue weighted by Crippen LogP contribution is 2.48. The number of fused-ring (bicyclic) bond motifs is 1. The normalized spacial score (nSPS) is 16.4. The fourth-order valence-corrected chi connectivity index (χ4v) is 2.85. The van der Waals surface area contributed by atoms with Gasteiger partial charge in [0.1, 0.15) is 11.5 Å². The lowest BCUT2D eigenvalue weighted by molar-refractivity contribution is 0.222. The number of rotatable bonds is 8. The van der Waals surface area contributed by atoms with Crippen LogP contribution in [0.3, 0.4) is 0 Å². The van der Waals surface area contributed by atoms with E-state index in [0.717, 1.165) is 35.7 Å². The maximum atomic E-state index is 5.60. The summed E-state index contributed by atoms with van der Waals surface area (Å²) in [5.41, 5.74) is 2.18. The molecule has 4 nitrogen and oxygen atoms in total. The molecular weight excluding hydrogens is 268 g/mol. The summed E-state index contributed by atoms with van der Waals surface area (Å²) in [7, 11) is 5.01. The van der Waals surface area contributed by atoms with Crippen LogP contribution in [0.25, 0.3) is 5.76 Å². The van der Waals surface area contributed by atoms with Crippen LogP contribution < -0.4 is 4.74 Å². The van der Waals surface area contributed by atoms with Gasteiger partial charge in [0.2, 0.25) is 0 Å². The van der Waals surface area contributed by atoms with Gasteiger partial charge in [-0.15, -0.1) is 0 Å². The Kier molecular flexibility index (Phi) is 5.14. The molecule has 1 aliphatic carbocycles. The minimum absolute atomic E-state index is 0.170. The molecule has 0 heterocycles. The zero-order valence-electron chi connectivity index (χ0n) is 12.8. The average Bonchev–Trinajstić information content (AvgIpc) is 2.84. The van der Waals surface area contributed by atoms with Crippen LogP contribution in [0.1, 0.15) is 29.9 Å². The van der Waals surface area contributed by atoms with E-state index in [0.29, 0.717) is 6.61 Å². The number of hydrogen-bond acceptors (Lipinski definition) is 4. The first kappa shape index (κ1) is 15.3. The van der Waals surface area contributed by atoms with Gasteiger partial charge in [-0.25, -0.2) is 0 Å². The van der Waals surface area contributed by atoms with Gasteiger partial charge in [0, 0.05) is 5.92 Å². The number of benzene rings is 1. The molecule has 1 unspecified atom stereocenters. The molecular formula is C17H22O4. The van der Waals surface area contributed by atoms with Gasteiger partial charge in [0.25, 0.3) is 0 Å². The first-order valence-electron chi connectivity index (χ1n) is 7.00. The van der Waals surface area contributed by atoms with Crippen LogP contribution in [0.2, 0.25) is 0 Å². The summed E-state index contributed by atoms with van der Waals surface area (Å²) in [6.07, 6.45) is 3.31. The quantitative estimate of drug-likeness (QED) is 0.540. The molecule has 1 aromatic carbocycles. The third kappa shape index (κ3) is 2.84. The lowest BCUT2D eigenvalue weighted by atomic mass is 9.95. The predicted octanol–water partition coefficient (Wildman–Crippen LogP) is 3.69. The molecule has 1 atom stereocenters. The average molecular weight is 290 g/mol. The summed E-state index contributed by atoms with van der Waals surface area (Å²) in [4.78, 5) is 0. The lowest BCUT2D eigenvalue weighted by Crippen LogP contribution is -2.03. The molecule has 4 heteroatoms. The van der Waals surface area contributed by atoms with Gasteiger partial charge in [-0.2, -0.15) is 0 Å². The van der Waals surface area contributed by atoms with Crippen molar-refractivity contribution in [2.75, 3.05) is 27.9 Å². The summed E-state index contributed by atoms with van der Waals surface area (Å²) in [5, 5.41) is 0. The number of methoxy groups -OCH3 is 3. The Labute approximate surface area is 126 Å². The monoisotopic (exact) mass is 290 g/mol. The molecule has 0 bridgehead atoms. The number of hydrogen-bond donors (Lipinski definition) is 0. The van der Waals surface area contributed by atoms with Crippen LogP contribution in [0.4, 0.5) is 0 Å². The van der Waals surface area contributed by atoms with Crippen molar-refractivity contribution in [3.8, 4) is 5.75 Å². The summed E-state index contributed by atoms with van der Waals surface area (Å²) < 4.78 is 21.8. The van der Waals surface area contributed by atoms with E-state index in [1.54, 1.807) is 21.3 Å². The summed E-state index contributed by atoms with van der Waals surface area (Å²) in [6, 6.07) is 6.03. The van der Waals surface area contributed by atoms with E-state index < -0.39 is 0 Å². The zero-order valence-corrected chi connectivity index (χ0v) is 12.8. The minimum atomic E-state index is 0.170. The highest BCUT2D eigenvalue weighted by molar-refractivity contribution is 5.77. The Morgan fingerprint density at radius 2 is 1.95 bits per heavy atom. The van der Waals surface area contributed by atoms with Crippen molar-refractivity contribution < 1.29 is 18.9 Å². The Morgan fingerprint density at radius 3 is 2.57 bits per heavy atom. The van der Waals surface area contributed by atoms with E-state index in [4.69, 9.17) is 18.9 Å². The van der Waals surface area contributed by atoms with E-state index in [9.17, 15) is 0 Å². The van der Waals surface area contributed by atoms with E-state index in [-0.39, 0.29) is 5.92 Å². The fourth-order valence-electron chi connectivity index (χ4n) is 2.85. The Hall–Kier alpha value is -2.10.